The fourth-order valence-corrected chi connectivity index (χ4v) is 2.62. The number of allylic oxidation sites excluding steroid dienone is 3. The number of hydrogen-bond acceptors (Lipinski definition) is 2. The summed E-state index contributed by atoms with van der Waals surface area (Å²) < 4.78 is 6.15. The molecule has 2 aromatic rings. The minimum atomic E-state index is 0.862. The summed E-state index contributed by atoms with van der Waals surface area (Å²) in [7, 11) is 1.78. The number of rotatable bonds is 5. The van der Waals surface area contributed by atoms with Crippen molar-refractivity contribution in [2.45, 2.75) is 61.3 Å². The largest absolute Gasteiger partial charge is 0.456 e. The Balaban J connectivity index is 0.00000134. The van der Waals surface area contributed by atoms with E-state index in [0.29, 0.717) is 0 Å². The van der Waals surface area contributed by atoms with Gasteiger partial charge in [-0.1, -0.05) is 58.9 Å². The number of furan rings is 1. The van der Waals surface area contributed by atoms with Crippen molar-refractivity contribution in [2.24, 2.45) is 4.99 Å². The zero-order valence-electron chi connectivity index (χ0n) is 17.3. The van der Waals surface area contributed by atoms with Crippen molar-refractivity contribution in [3.63, 3.8) is 0 Å². The number of fused-ring (bicyclic) bond motifs is 1. The molecule has 1 aromatic carbocycles. The zero-order chi connectivity index (χ0) is 19.2. The minimum Gasteiger partial charge on any atom is -0.456 e. The third-order valence-corrected chi connectivity index (χ3v) is 3.69. The van der Waals surface area contributed by atoms with Gasteiger partial charge in [0.05, 0.1) is 0 Å². The van der Waals surface area contributed by atoms with Gasteiger partial charge in [0.15, 0.2) is 0 Å². The van der Waals surface area contributed by atoms with E-state index in [-0.39, 0.29) is 0 Å². The van der Waals surface area contributed by atoms with Gasteiger partial charge in [-0.05, 0) is 44.4 Å². The number of aliphatic imine (C=N–C) groups is 1. The molecule has 25 heavy (non-hydrogen) atoms. The van der Waals surface area contributed by atoms with Gasteiger partial charge in [-0.2, -0.15) is 0 Å². The molecule has 0 aliphatic carbocycles. The smallest absolute Gasteiger partial charge is 0.138 e. The maximum Gasteiger partial charge on any atom is 0.138 e. The van der Waals surface area contributed by atoms with Crippen molar-refractivity contribution >= 4 is 23.3 Å². The van der Waals surface area contributed by atoms with Gasteiger partial charge in [0.2, 0.25) is 0 Å². The van der Waals surface area contributed by atoms with E-state index < -0.39 is 0 Å². The lowest BCUT2D eigenvalue weighted by Gasteiger charge is -2.04. The Hall–Kier alpha value is -2.09. The van der Waals surface area contributed by atoms with Crippen LogP contribution in [0.1, 0.15) is 64.0 Å². The first kappa shape index (κ1) is 22.9. The zero-order valence-corrected chi connectivity index (χ0v) is 17.3. The molecular formula is C23H35NO. The number of hydrogen-bond donors (Lipinski definition) is 0. The molecule has 0 saturated carbocycles. The second kappa shape index (κ2) is 13.2. The Kier molecular flexibility index (Phi) is 12.1. The Labute approximate surface area is 154 Å². The molecule has 1 aromatic heterocycles. The second-order valence-corrected chi connectivity index (χ2v) is 5.08. The van der Waals surface area contributed by atoms with Crippen molar-refractivity contribution in [2.75, 3.05) is 7.05 Å². The van der Waals surface area contributed by atoms with Gasteiger partial charge in [0.1, 0.15) is 11.3 Å². The fourth-order valence-electron chi connectivity index (χ4n) is 2.62. The summed E-state index contributed by atoms with van der Waals surface area (Å²) in [4.78, 5) is 3.96. The average molecular weight is 342 g/mol. The Morgan fingerprint density at radius 1 is 1.08 bits per heavy atom. The SMILES string of the molecule is C/C=C\c1oc2c(C/C=C\C=NC)c(C)ccc2c1CC.CC.CC. The standard InChI is InChI=1S/C19H23NO.2C2H6/c1-5-9-18-15(6-2)17-12-11-14(3)16(19(17)21-18)10-7-8-13-20-4;2*1-2/h5,7-9,11-13H,6,10H2,1-4H3;2*1-2H3/b8-7-,9-5-,20-13?;;. The van der Waals surface area contributed by atoms with Crippen LogP contribution in [-0.2, 0) is 12.8 Å². The van der Waals surface area contributed by atoms with E-state index in [0.717, 1.165) is 24.2 Å². The average Bonchev–Trinajstić information content (AvgIpc) is 3.01. The third-order valence-electron chi connectivity index (χ3n) is 3.69. The Morgan fingerprint density at radius 3 is 2.32 bits per heavy atom. The van der Waals surface area contributed by atoms with E-state index in [2.05, 4.69) is 43.1 Å². The third kappa shape index (κ3) is 6.04. The van der Waals surface area contributed by atoms with E-state index in [1.54, 1.807) is 13.3 Å². The number of benzene rings is 1. The van der Waals surface area contributed by atoms with Crippen molar-refractivity contribution < 1.29 is 4.42 Å². The maximum atomic E-state index is 6.15. The molecule has 2 nitrogen and oxygen atoms in total. The van der Waals surface area contributed by atoms with Crippen LogP contribution in [0.4, 0.5) is 0 Å². The van der Waals surface area contributed by atoms with Crippen LogP contribution in [0.2, 0.25) is 0 Å². The Morgan fingerprint density at radius 2 is 1.76 bits per heavy atom. The quantitative estimate of drug-likeness (QED) is 0.528. The molecule has 0 bridgehead atoms. The number of aryl methyl sites for hydroxylation is 2. The summed E-state index contributed by atoms with van der Waals surface area (Å²) in [6.45, 7) is 14.3. The lowest BCUT2D eigenvalue weighted by molar-refractivity contribution is 0.595. The molecule has 0 fully saturated rings. The molecule has 0 saturated heterocycles. The first-order valence-corrected chi connectivity index (χ1v) is 9.46. The van der Waals surface area contributed by atoms with Crippen LogP contribution in [0.25, 0.3) is 17.0 Å². The van der Waals surface area contributed by atoms with Crippen LogP contribution in [0.5, 0.6) is 0 Å². The van der Waals surface area contributed by atoms with Crippen LogP contribution >= 0.6 is 0 Å². The van der Waals surface area contributed by atoms with Gasteiger partial charge < -0.3 is 4.42 Å². The van der Waals surface area contributed by atoms with Crippen LogP contribution in [0.15, 0.2) is 39.8 Å². The summed E-state index contributed by atoms with van der Waals surface area (Å²) in [6, 6.07) is 4.37. The van der Waals surface area contributed by atoms with Gasteiger partial charge in [0.25, 0.3) is 0 Å². The lowest BCUT2D eigenvalue weighted by atomic mass is 9.99. The molecule has 2 heteroatoms. The van der Waals surface area contributed by atoms with Gasteiger partial charge in [-0.25, -0.2) is 0 Å². The summed E-state index contributed by atoms with van der Waals surface area (Å²) in [5, 5.41) is 1.24. The predicted octanol–water partition coefficient (Wildman–Crippen LogP) is 7.19. The van der Waals surface area contributed by atoms with Crippen LogP contribution < -0.4 is 0 Å². The summed E-state index contributed by atoms with van der Waals surface area (Å²) in [6.07, 6.45) is 11.8. The van der Waals surface area contributed by atoms with Crippen LogP contribution in [-0.4, -0.2) is 13.3 Å². The van der Waals surface area contributed by atoms with Crippen molar-refractivity contribution in [1.82, 2.24) is 0 Å². The molecule has 138 valence electrons. The predicted molar refractivity (Wildman–Crippen MR) is 115 cm³/mol. The highest BCUT2D eigenvalue weighted by atomic mass is 16.3. The van der Waals surface area contributed by atoms with E-state index in [1.165, 1.54) is 22.1 Å². The number of nitrogens with zero attached hydrogens (tertiary/aromatic N) is 1. The summed E-state index contributed by atoms with van der Waals surface area (Å²) in [5.41, 5.74) is 4.85. The lowest BCUT2D eigenvalue weighted by Crippen LogP contribution is -1.89. The molecule has 0 N–H and O–H groups in total. The van der Waals surface area contributed by atoms with Crippen LogP contribution in [0, 0.1) is 6.92 Å². The van der Waals surface area contributed by atoms with Crippen molar-refractivity contribution in [3.05, 3.63) is 52.8 Å². The molecule has 0 aliphatic rings. The normalized spacial score (nSPS) is 11.0. The minimum absolute atomic E-state index is 0.862. The Bertz CT molecular complexity index is 702. The van der Waals surface area contributed by atoms with Crippen molar-refractivity contribution in [1.29, 1.82) is 0 Å². The van der Waals surface area contributed by atoms with E-state index in [4.69, 9.17) is 4.42 Å². The molecule has 0 amide bonds. The highest BCUT2D eigenvalue weighted by Gasteiger charge is 2.14. The van der Waals surface area contributed by atoms with Crippen LogP contribution in [0.3, 0.4) is 0 Å². The topological polar surface area (TPSA) is 25.5 Å². The highest BCUT2D eigenvalue weighted by Crippen LogP contribution is 2.32. The molecule has 0 radical (unpaired) electrons. The highest BCUT2D eigenvalue weighted by molar-refractivity contribution is 5.88. The first-order valence-electron chi connectivity index (χ1n) is 9.46. The van der Waals surface area contributed by atoms with E-state index in [1.807, 2.05) is 46.8 Å². The molecule has 2 rings (SSSR count). The fraction of sp³-hybridized carbons (Fsp3) is 0.435. The molecule has 0 spiro atoms. The molecule has 0 aliphatic heterocycles. The van der Waals surface area contributed by atoms with Gasteiger partial charge >= 0.3 is 0 Å². The molecule has 0 unspecified atom stereocenters. The molecule has 1 heterocycles. The van der Waals surface area contributed by atoms with Crippen molar-refractivity contribution in [3.8, 4) is 0 Å². The first-order chi connectivity index (χ1) is 12.2. The molecular weight excluding hydrogens is 306 g/mol. The van der Waals surface area contributed by atoms with E-state index >= 15 is 0 Å². The summed E-state index contributed by atoms with van der Waals surface area (Å²) in [5.74, 6) is 0.987. The van der Waals surface area contributed by atoms with E-state index in [9.17, 15) is 0 Å². The van der Waals surface area contributed by atoms with Gasteiger partial charge in [0, 0.05) is 29.8 Å². The maximum absolute atomic E-state index is 6.15. The molecule has 0 atom stereocenters. The monoisotopic (exact) mass is 341 g/mol. The second-order valence-electron chi connectivity index (χ2n) is 5.08. The summed E-state index contributed by atoms with van der Waals surface area (Å²) >= 11 is 0. The van der Waals surface area contributed by atoms with Gasteiger partial charge in [-0.3, -0.25) is 4.99 Å². The van der Waals surface area contributed by atoms with Gasteiger partial charge in [-0.15, -0.1) is 0 Å².